The first kappa shape index (κ1) is 24.1. The van der Waals surface area contributed by atoms with Gasteiger partial charge in [0.15, 0.2) is 15.5 Å². The quantitative estimate of drug-likeness (QED) is 0.388. The number of nitrogens with one attached hydrogen (secondary N) is 1. The third-order valence-electron chi connectivity index (χ3n) is 5.62. The van der Waals surface area contributed by atoms with E-state index in [0.717, 1.165) is 16.5 Å². The summed E-state index contributed by atoms with van der Waals surface area (Å²) < 4.78 is 37.7. The average molecular weight is 478 g/mol. The van der Waals surface area contributed by atoms with Crippen LogP contribution >= 0.6 is 11.3 Å². The Morgan fingerprint density at radius 2 is 2.19 bits per heavy atom. The van der Waals surface area contributed by atoms with Gasteiger partial charge in [-0.2, -0.15) is 0 Å². The van der Waals surface area contributed by atoms with Crippen LogP contribution < -0.4 is 5.48 Å². The van der Waals surface area contributed by atoms with E-state index in [-0.39, 0.29) is 19.4 Å². The summed E-state index contributed by atoms with van der Waals surface area (Å²) in [6.07, 6.45) is 1.56. The number of hydrogen-bond donors (Lipinski definition) is 2. The van der Waals surface area contributed by atoms with Crippen molar-refractivity contribution < 1.29 is 22.8 Å². The molecule has 1 aliphatic heterocycles. The highest BCUT2D eigenvalue weighted by molar-refractivity contribution is 7.92. The minimum atomic E-state index is -3.76. The van der Waals surface area contributed by atoms with Gasteiger partial charge in [-0.25, -0.2) is 23.3 Å². The third kappa shape index (κ3) is 5.28. The highest BCUT2D eigenvalue weighted by Gasteiger charge is 2.43. The van der Waals surface area contributed by atoms with Gasteiger partial charge in [0.05, 0.1) is 15.2 Å². The molecule has 1 unspecified atom stereocenters. The number of nitrogens with zero attached hydrogens (tertiary/aromatic N) is 2. The van der Waals surface area contributed by atoms with Crippen molar-refractivity contribution in [1.82, 2.24) is 15.4 Å². The minimum Gasteiger partial charge on any atom is -0.302 e. The molecule has 0 aliphatic carbocycles. The van der Waals surface area contributed by atoms with Crippen LogP contribution in [-0.4, -0.2) is 66.2 Å². The fourth-order valence-electron chi connectivity index (χ4n) is 3.39. The van der Waals surface area contributed by atoms with E-state index in [1.54, 1.807) is 12.1 Å². The lowest BCUT2D eigenvalue weighted by atomic mass is 10.0. The van der Waals surface area contributed by atoms with Gasteiger partial charge in [-0.1, -0.05) is 5.92 Å². The number of sulfone groups is 1. The first-order valence-electron chi connectivity index (χ1n) is 9.90. The van der Waals surface area contributed by atoms with Gasteiger partial charge in [-0.05, 0) is 56.4 Å². The fraction of sp³-hybridized carbons (Fsp3) is 0.455. The van der Waals surface area contributed by atoms with E-state index >= 15 is 0 Å². The summed E-state index contributed by atoms with van der Waals surface area (Å²) in [6, 6.07) is 5.43. The van der Waals surface area contributed by atoms with Crippen molar-refractivity contribution in [3.8, 4) is 23.7 Å². The Bertz CT molecular complexity index is 1270. The molecule has 1 aromatic heterocycles. The molecule has 1 aliphatic rings. The van der Waals surface area contributed by atoms with E-state index in [1.807, 2.05) is 18.0 Å². The summed E-state index contributed by atoms with van der Waals surface area (Å²) in [7, 11) is -1.91. The van der Waals surface area contributed by atoms with Crippen molar-refractivity contribution in [3.05, 3.63) is 28.8 Å². The number of hydroxylamine groups is 1. The Morgan fingerprint density at radius 3 is 2.81 bits per heavy atom. The second-order valence-corrected chi connectivity index (χ2v) is 11.7. The van der Waals surface area contributed by atoms with E-state index in [1.165, 1.54) is 23.7 Å². The molecule has 10 heteroatoms. The lowest BCUT2D eigenvalue weighted by molar-refractivity contribution is -0.131. The molecule has 0 saturated carbocycles. The van der Waals surface area contributed by atoms with Crippen LogP contribution in [0.5, 0.6) is 0 Å². The number of fused-ring (bicyclic) bond motifs is 1. The number of amides is 1. The zero-order valence-corrected chi connectivity index (χ0v) is 19.7. The molecule has 170 valence electrons. The Morgan fingerprint density at radius 1 is 1.44 bits per heavy atom. The van der Waals surface area contributed by atoms with Gasteiger partial charge in [0.25, 0.3) is 5.91 Å². The molecular formula is C22H24FN3O4S2. The first-order valence-corrected chi connectivity index (χ1v) is 12.6. The monoisotopic (exact) mass is 477 g/mol. The topological polar surface area (TPSA) is 99.6 Å². The zero-order chi connectivity index (χ0) is 23.6. The maximum Gasteiger partial charge on any atom is 0.264 e. The van der Waals surface area contributed by atoms with Crippen molar-refractivity contribution >= 4 is 37.3 Å². The second kappa shape index (κ2) is 9.16. The molecule has 1 aromatic carbocycles. The molecule has 1 saturated heterocycles. The lowest BCUT2D eigenvalue weighted by Gasteiger charge is -2.24. The van der Waals surface area contributed by atoms with Crippen LogP contribution in [0.15, 0.2) is 18.2 Å². The van der Waals surface area contributed by atoms with Gasteiger partial charge in [0, 0.05) is 37.8 Å². The number of rotatable bonds is 5. The summed E-state index contributed by atoms with van der Waals surface area (Å²) in [5, 5.41) is 9.59. The van der Waals surface area contributed by atoms with Crippen molar-refractivity contribution in [1.29, 1.82) is 0 Å². The predicted octanol–water partition coefficient (Wildman–Crippen LogP) is 1.94. The van der Waals surface area contributed by atoms with Crippen LogP contribution in [0.25, 0.3) is 10.2 Å². The summed E-state index contributed by atoms with van der Waals surface area (Å²) in [6.45, 7) is 2.24. The number of carbonyl (C=O) groups excluding carboxylic acids is 1. The van der Waals surface area contributed by atoms with Crippen LogP contribution in [0.4, 0.5) is 4.39 Å². The van der Waals surface area contributed by atoms with Gasteiger partial charge in [-0.15, -0.1) is 11.3 Å². The van der Waals surface area contributed by atoms with Gasteiger partial charge >= 0.3 is 0 Å². The highest BCUT2D eigenvalue weighted by atomic mass is 32.2. The molecule has 3 rings (SSSR count). The molecular weight excluding hydrogens is 453 g/mol. The molecule has 32 heavy (non-hydrogen) atoms. The van der Waals surface area contributed by atoms with Crippen LogP contribution in [0.2, 0.25) is 0 Å². The van der Waals surface area contributed by atoms with Crippen molar-refractivity contribution in [2.24, 2.45) is 0 Å². The summed E-state index contributed by atoms with van der Waals surface area (Å²) in [5.41, 5.74) is 1.37. The SMILES string of the molecule is CN1CCC(F)(C#CC#Cc2ccc3nc(CC[C@](C)(C(=O)NO)S(C)(=O)=O)sc3c2)C1. The van der Waals surface area contributed by atoms with Gasteiger partial charge < -0.3 is 4.90 Å². The maximum atomic E-state index is 14.4. The molecule has 1 fully saturated rings. The first-order chi connectivity index (χ1) is 15.0. The molecule has 2 atom stereocenters. The summed E-state index contributed by atoms with van der Waals surface area (Å²) in [4.78, 5) is 18.3. The largest absolute Gasteiger partial charge is 0.302 e. The maximum absolute atomic E-state index is 14.4. The number of aromatic nitrogens is 1. The molecule has 7 nitrogen and oxygen atoms in total. The number of alkyl halides is 1. The average Bonchev–Trinajstić information content (AvgIpc) is 3.30. The van der Waals surface area contributed by atoms with Crippen LogP contribution in [0, 0.1) is 23.7 Å². The standard InChI is InChI=1S/C22H24FN3O4S2/c1-21(20(27)25-28,32(3,29)30)11-9-19-24-17-8-7-16(14-18(17)31-19)6-4-5-10-22(23)12-13-26(2)15-22/h7-8,14,28H,9,11-13,15H2,1-3H3,(H,25,27)/t21-,22?/m1/s1. The number of aryl methyl sites for hydroxylation is 1. The Kier molecular flexibility index (Phi) is 6.91. The number of carbonyl (C=O) groups is 1. The van der Waals surface area contributed by atoms with Crippen LogP contribution in [0.1, 0.15) is 30.3 Å². The van der Waals surface area contributed by atoms with Gasteiger partial charge in [0.2, 0.25) is 0 Å². The third-order valence-corrected chi connectivity index (χ3v) is 8.72. The normalized spacial score (nSPS) is 20.7. The van der Waals surface area contributed by atoms with E-state index in [0.29, 0.717) is 23.5 Å². The van der Waals surface area contributed by atoms with Crippen LogP contribution in [0.3, 0.4) is 0 Å². The van der Waals surface area contributed by atoms with E-state index in [4.69, 9.17) is 5.21 Å². The molecule has 2 N–H and O–H groups in total. The number of thiazole rings is 1. The zero-order valence-electron chi connectivity index (χ0n) is 18.0. The minimum absolute atomic E-state index is 0.0273. The molecule has 1 amide bonds. The van der Waals surface area contributed by atoms with E-state index in [9.17, 15) is 17.6 Å². The number of benzene rings is 1. The Labute approximate surface area is 190 Å². The number of hydrogen-bond acceptors (Lipinski definition) is 7. The van der Waals surface area contributed by atoms with Gasteiger partial charge in [-0.3, -0.25) is 10.0 Å². The molecule has 0 radical (unpaired) electrons. The molecule has 0 bridgehead atoms. The fourth-order valence-corrected chi connectivity index (χ4v) is 5.25. The van der Waals surface area contributed by atoms with Crippen molar-refractivity contribution in [3.63, 3.8) is 0 Å². The highest BCUT2D eigenvalue weighted by Crippen LogP contribution is 2.28. The Balaban J connectivity index is 1.74. The lowest BCUT2D eigenvalue weighted by Crippen LogP contribution is -2.49. The number of likely N-dealkylation sites (tertiary alicyclic amines) is 1. The molecule has 2 heterocycles. The summed E-state index contributed by atoms with van der Waals surface area (Å²) >= 11 is 1.37. The van der Waals surface area contributed by atoms with Crippen molar-refractivity contribution in [2.75, 3.05) is 26.4 Å². The Hall–Kier alpha value is -2.50. The number of halogens is 1. The molecule has 0 spiro atoms. The summed E-state index contributed by atoms with van der Waals surface area (Å²) in [5.74, 6) is 9.87. The van der Waals surface area contributed by atoms with Crippen LogP contribution in [-0.2, 0) is 21.1 Å². The van der Waals surface area contributed by atoms with E-state index in [2.05, 4.69) is 28.7 Å². The van der Waals surface area contributed by atoms with E-state index < -0.39 is 26.2 Å². The predicted molar refractivity (Wildman–Crippen MR) is 122 cm³/mol. The second-order valence-electron chi connectivity index (χ2n) is 8.19. The molecule has 2 aromatic rings. The van der Waals surface area contributed by atoms with Gasteiger partial charge in [0.1, 0.15) is 4.75 Å². The smallest absolute Gasteiger partial charge is 0.264 e. The van der Waals surface area contributed by atoms with Crippen molar-refractivity contribution in [2.45, 2.75) is 36.6 Å².